The molecule has 170 valence electrons. The van der Waals surface area contributed by atoms with Crippen LogP contribution in [0.1, 0.15) is 39.2 Å². The Morgan fingerprint density at radius 3 is 1.77 bits per heavy atom. The van der Waals surface area contributed by atoms with E-state index >= 15 is 0 Å². The molecule has 0 aromatic heterocycles. The second kappa shape index (κ2) is 9.68. The van der Waals surface area contributed by atoms with Crippen LogP contribution in [0.4, 0.5) is 0 Å². The van der Waals surface area contributed by atoms with E-state index in [1.54, 1.807) is 13.8 Å². The van der Waals surface area contributed by atoms with Gasteiger partial charge in [0.1, 0.15) is 5.75 Å². The highest BCUT2D eigenvalue weighted by Gasteiger charge is 2.38. The van der Waals surface area contributed by atoms with Gasteiger partial charge in [0.05, 0.1) is 16.4 Å². The first-order chi connectivity index (χ1) is 14.7. The molecule has 9 heteroatoms. The third-order valence-corrected chi connectivity index (χ3v) is 9.28. The smallest absolute Gasteiger partial charge is 0.243 e. The molecule has 3 rings (SSSR count). The molecule has 0 bridgehead atoms. The van der Waals surface area contributed by atoms with Crippen LogP contribution in [0.15, 0.2) is 58.3 Å². The van der Waals surface area contributed by atoms with Crippen LogP contribution in [0.3, 0.4) is 0 Å². The summed E-state index contributed by atoms with van der Waals surface area (Å²) < 4.78 is 60.3. The van der Waals surface area contributed by atoms with Crippen molar-refractivity contribution < 1.29 is 21.6 Å². The Balaban J connectivity index is 1.84. The zero-order valence-corrected chi connectivity index (χ0v) is 19.8. The lowest BCUT2D eigenvalue weighted by Crippen LogP contribution is -2.33. The lowest BCUT2D eigenvalue weighted by atomic mass is 10.2. The SMILES string of the molecule is CCOc1ccc(CN(C2CC2)S(=O)(=O)c2ccc(S(=O)(=O)N(CC)CC)cc2)cc1. The molecule has 0 unspecified atom stereocenters. The summed E-state index contributed by atoms with van der Waals surface area (Å²) >= 11 is 0. The van der Waals surface area contributed by atoms with Gasteiger partial charge >= 0.3 is 0 Å². The second-order valence-corrected chi connectivity index (χ2v) is 11.2. The Morgan fingerprint density at radius 2 is 1.32 bits per heavy atom. The molecule has 2 aromatic carbocycles. The third kappa shape index (κ3) is 5.28. The number of rotatable bonds is 11. The molecule has 0 atom stereocenters. The maximum Gasteiger partial charge on any atom is 0.243 e. The highest BCUT2D eigenvalue weighted by Crippen LogP contribution is 2.34. The van der Waals surface area contributed by atoms with Crippen molar-refractivity contribution in [2.45, 2.75) is 56.0 Å². The fourth-order valence-electron chi connectivity index (χ4n) is 3.44. The van der Waals surface area contributed by atoms with E-state index in [1.165, 1.54) is 32.9 Å². The van der Waals surface area contributed by atoms with Gasteiger partial charge in [0.15, 0.2) is 0 Å². The van der Waals surface area contributed by atoms with Crippen molar-refractivity contribution in [1.29, 1.82) is 0 Å². The maximum atomic E-state index is 13.3. The quantitative estimate of drug-likeness (QED) is 0.506. The van der Waals surface area contributed by atoms with E-state index in [2.05, 4.69) is 0 Å². The average Bonchev–Trinajstić information content (AvgIpc) is 3.59. The van der Waals surface area contributed by atoms with Crippen LogP contribution in [-0.4, -0.2) is 51.2 Å². The van der Waals surface area contributed by atoms with Crippen molar-refractivity contribution in [3.63, 3.8) is 0 Å². The van der Waals surface area contributed by atoms with Gasteiger partial charge in [-0.15, -0.1) is 0 Å². The fraction of sp³-hybridized carbons (Fsp3) is 0.455. The summed E-state index contributed by atoms with van der Waals surface area (Å²) in [5.74, 6) is 0.747. The normalized spacial score (nSPS) is 14.9. The molecule has 2 aromatic rings. The molecule has 0 aliphatic heterocycles. The van der Waals surface area contributed by atoms with E-state index in [1.807, 2.05) is 31.2 Å². The van der Waals surface area contributed by atoms with Gasteiger partial charge in [-0.3, -0.25) is 0 Å². The van der Waals surface area contributed by atoms with Crippen molar-refractivity contribution in [3.8, 4) is 5.75 Å². The molecule has 1 aliphatic rings. The highest BCUT2D eigenvalue weighted by atomic mass is 32.2. The molecule has 0 radical (unpaired) electrons. The monoisotopic (exact) mass is 466 g/mol. The van der Waals surface area contributed by atoms with E-state index in [0.717, 1.165) is 24.2 Å². The van der Waals surface area contributed by atoms with Crippen LogP contribution in [0.25, 0.3) is 0 Å². The van der Waals surface area contributed by atoms with Crippen LogP contribution in [-0.2, 0) is 26.6 Å². The van der Waals surface area contributed by atoms with Crippen LogP contribution in [0.2, 0.25) is 0 Å². The number of hydrogen-bond acceptors (Lipinski definition) is 5. The molecule has 31 heavy (non-hydrogen) atoms. The van der Waals surface area contributed by atoms with Crippen LogP contribution >= 0.6 is 0 Å². The van der Waals surface area contributed by atoms with Crippen molar-refractivity contribution in [2.75, 3.05) is 19.7 Å². The topological polar surface area (TPSA) is 84.0 Å². The van der Waals surface area contributed by atoms with E-state index in [4.69, 9.17) is 4.74 Å². The van der Waals surface area contributed by atoms with Gasteiger partial charge in [0.2, 0.25) is 20.0 Å². The van der Waals surface area contributed by atoms with E-state index in [-0.39, 0.29) is 22.4 Å². The predicted molar refractivity (Wildman–Crippen MR) is 120 cm³/mol. The highest BCUT2D eigenvalue weighted by molar-refractivity contribution is 7.89. The fourth-order valence-corrected chi connectivity index (χ4v) is 6.57. The predicted octanol–water partition coefficient (Wildman–Crippen LogP) is 3.47. The van der Waals surface area contributed by atoms with Gasteiger partial charge in [0.25, 0.3) is 0 Å². The molecule has 0 N–H and O–H groups in total. The molecular formula is C22H30N2O5S2. The van der Waals surface area contributed by atoms with Crippen LogP contribution < -0.4 is 4.74 Å². The summed E-state index contributed by atoms with van der Waals surface area (Å²) in [7, 11) is -7.39. The van der Waals surface area contributed by atoms with Crippen molar-refractivity contribution in [1.82, 2.24) is 8.61 Å². The lowest BCUT2D eigenvalue weighted by molar-refractivity contribution is 0.340. The first-order valence-corrected chi connectivity index (χ1v) is 13.5. The summed E-state index contributed by atoms with van der Waals surface area (Å²) in [5.41, 5.74) is 0.875. The molecular weight excluding hydrogens is 436 g/mol. The van der Waals surface area contributed by atoms with Gasteiger partial charge in [-0.1, -0.05) is 26.0 Å². The number of ether oxygens (including phenoxy) is 1. The zero-order chi connectivity index (χ0) is 22.6. The number of benzene rings is 2. The zero-order valence-electron chi connectivity index (χ0n) is 18.2. The molecule has 0 amide bonds. The summed E-state index contributed by atoms with van der Waals surface area (Å²) in [6, 6.07) is 12.9. The molecule has 1 fully saturated rings. The Bertz CT molecular complexity index is 1070. The van der Waals surface area contributed by atoms with Crippen LogP contribution in [0.5, 0.6) is 5.75 Å². The van der Waals surface area contributed by atoms with E-state index in [0.29, 0.717) is 19.7 Å². The minimum atomic E-state index is -3.76. The van der Waals surface area contributed by atoms with Gasteiger partial charge in [-0.05, 0) is 61.7 Å². The van der Waals surface area contributed by atoms with Gasteiger partial charge in [0, 0.05) is 25.7 Å². The van der Waals surface area contributed by atoms with E-state index < -0.39 is 20.0 Å². The first kappa shape index (κ1) is 23.7. The second-order valence-electron chi connectivity index (χ2n) is 7.42. The molecule has 0 saturated heterocycles. The Labute approximate surface area is 185 Å². The van der Waals surface area contributed by atoms with Crippen molar-refractivity contribution in [3.05, 3.63) is 54.1 Å². The number of nitrogens with zero attached hydrogens (tertiary/aromatic N) is 2. The molecule has 0 spiro atoms. The summed E-state index contributed by atoms with van der Waals surface area (Å²) in [4.78, 5) is 0.198. The number of sulfonamides is 2. The minimum absolute atomic E-state index is 0.0318. The van der Waals surface area contributed by atoms with Gasteiger partial charge in [-0.25, -0.2) is 16.8 Å². The number of hydrogen-bond donors (Lipinski definition) is 0. The van der Waals surface area contributed by atoms with Crippen molar-refractivity contribution >= 4 is 20.0 Å². The largest absolute Gasteiger partial charge is 0.494 e. The molecule has 1 saturated carbocycles. The lowest BCUT2D eigenvalue weighted by Gasteiger charge is -2.23. The Hall–Kier alpha value is -1.94. The molecule has 7 nitrogen and oxygen atoms in total. The molecule has 1 aliphatic carbocycles. The van der Waals surface area contributed by atoms with Gasteiger partial charge in [-0.2, -0.15) is 8.61 Å². The third-order valence-electron chi connectivity index (χ3n) is 5.30. The average molecular weight is 467 g/mol. The summed E-state index contributed by atoms with van der Waals surface area (Å²) in [6.07, 6.45) is 1.65. The Kier molecular flexibility index (Phi) is 7.41. The van der Waals surface area contributed by atoms with Gasteiger partial charge < -0.3 is 4.74 Å². The summed E-state index contributed by atoms with van der Waals surface area (Å²) in [5, 5.41) is 0. The van der Waals surface area contributed by atoms with Crippen LogP contribution in [0, 0.1) is 0 Å². The molecule has 0 heterocycles. The first-order valence-electron chi connectivity index (χ1n) is 10.6. The standard InChI is InChI=1S/C22H30N2O5S2/c1-4-23(5-2)30(25,26)21-13-15-22(16-14-21)31(27,28)24(19-9-10-19)17-18-7-11-20(12-8-18)29-6-3/h7-8,11-16,19H,4-6,9-10,17H2,1-3H3. The van der Waals surface area contributed by atoms with Crippen molar-refractivity contribution in [2.24, 2.45) is 0 Å². The maximum absolute atomic E-state index is 13.3. The summed E-state index contributed by atoms with van der Waals surface area (Å²) in [6.45, 7) is 7.00. The van der Waals surface area contributed by atoms with E-state index in [9.17, 15) is 16.8 Å². The minimum Gasteiger partial charge on any atom is -0.494 e. The Morgan fingerprint density at radius 1 is 0.806 bits per heavy atom.